The van der Waals surface area contributed by atoms with Gasteiger partial charge in [-0.1, -0.05) is 52.9 Å². The lowest BCUT2D eigenvalue weighted by Crippen LogP contribution is -2.35. The molecule has 0 fully saturated rings. The number of hydrogen-bond donors (Lipinski definition) is 1. The summed E-state index contributed by atoms with van der Waals surface area (Å²) in [5.41, 5.74) is 6.09. The van der Waals surface area contributed by atoms with Gasteiger partial charge in [-0.2, -0.15) is 0 Å². The Balaban J connectivity index is 3.59. The van der Waals surface area contributed by atoms with Gasteiger partial charge in [0, 0.05) is 12.1 Å². The summed E-state index contributed by atoms with van der Waals surface area (Å²) in [5.74, 6) is 0.600. The quantitative estimate of drug-likeness (QED) is 0.565. The van der Waals surface area contributed by atoms with Crippen molar-refractivity contribution in [3.05, 3.63) is 0 Å². The number of hydrogen-bond acceptors (Lipinski definition) is 2. The monoisotopic (exact) mass is 256 g/mol. The first-order valence-electron chi connectivity index (χ1n) is 7.94. The van der Waals surface area contributed by atoms with Crippen LogP contribution in [0.1, 0.15) is 72.6 Å². The molecule has 0 saturated heterocycles. The van der Waals surface area contributed by atoms with Gasteiger partial charge in [-0.25, -0.2) is 0 Å². The SMILES string of the molecule is CCCCCCCC(C)N(C)CCC(N)C(C)C. The maximum absolute atomic E-state index is 6.09. The van der Waals surface area contributed by atoms with Crippen LogP contribution in [0.5, 0.6) is 0 Å². The van der Waals surface area contributed by atoms with Crippen LogP contribution < -0.4 is 5.73 Å². The average molecular weight is 256 g/mol. The first-order chi connectivity index (χ1) is 8.49. The maximum atomic E-state index is 6.09. The molecule has 0 amide bonds. The molecule has 0 saturated carbocycles. The number of nitrogens with two attached hydrogens (primary N) is 1. The third-order valence-corrected chi connectivity index (χ3v) is 4.15. The van der Waals surface area contributed by atoms with Crippen molar-refractivity contribution in [3.63, 3.8) is 0 Å². The van der Waals surface area contributed by atoms with Crippen LogP contribution in [-0.2, 0) is 0 Å². The lowest BCUT2D eigenvalue weighted by molar-refractivity contribution is 0.226. The van der Waals surface area contributed by atoms with Crippen LogP contribution in [0.15, 0.2) is 0 Å². The minimum atomic E-state index is 0.351. The Kier molecular flexibility index (Phi) is 10.8. The van der Waals surface area contributed by atoms with E-state index in [9.17, 15) is 0 Å². The molecule has 0 bridgehead atoms. The van der Waals surface area contributed by atoms with E-state index in [0.29, 0.717) is 18.0 Å². The molecule has 0 heterocycles. The second-order valence-electron chi connectivity index (χ2n) is 6.23. The molecule has 2 unspecified atom stereocenters. The molecule has 110 valence electrons. The van der Waals surface area contributed by atoms with Crippen molar-refractivity contribution in [2.75, 3.05) is 13.6 Å². The molecular weight excluding hydrogens is 220 g/mol. The molecule has 0 aromatic heterocycles. The van der Waals surface area contributed by atoms with Crippen molar-refractivity contribution in [2.45, 2.75) is 84.7 Å². The van der Waals surface area contributed by atoms with Gasteiger partial charge in [0.15, 0.2) is 0 Å². The largest absolute Gasteiger partial charge is 0.327 e. The van der Waals surface area contributed by atoms with Crippen LogP contribution in [0, 0.1) is 5.92 Å². The molecular formula is C16H36N2. The second-order valence-corrected chi connectivity index (χ2v) is 6.23. The van der Waals surface area contributed by atoms with Crippen molar-refractivity contribution in [1.29, 1.82) is 0 Å². The lowest BCUT2D eigenvalue weighted by atomic mass is 10.0. The molecule has 0 radical (unpaired) electrons. The fourth-order valence-corrected chi connectivity index (χ4v) is 2.17. The van der Waals surface area contributed by atoms with Crippen LogP contribution in [0.3, 0.4) is 0 Å². The minimum absolute atomic E-state index is 0.351. The minimum Gasteiger partial charge on any atom is -0.327 e. The van der Waals surface area contributed by atoms with Gasteiger partial charge in [-0.05, 0) is 39.3 Å². The topological polar surface area (TPSA) is 29.3 Å². The molecule has 0 aromatic carbocycles. The van der Waals surface area contributed by atoms with Gasteiger partial charge in [-0.3, -0.25) is 0 Å². The first kappa shape index (κ1) is 17.9. The first-order valence-corrected chi connectivity index (χ1v) is 7.94. The average Bonchev–Trinajstić information content (AvgIpc) is 2.34. The van der Waals surface area contributed by atoms with E-state index in [2.05, 4.69) is 39.6 Å². The molecule has 2 heteroatoms. The highest BCUT2D eigenvalue weighted by molar-refractivity contribution is 4.70. The van der Waals surface area contributed by atoms with Gasteiger partial charge in [-0.15, -0.1) is 0 Å². The second kappa shape index (κ2) is 10.8. The maximum Gasteiger partial charge on any atom is 0.00740 e. The van der Waals surface area contributed by atoms with E-state index < -0.39 is 0 Å². The fraction of sp³-hybridized carbons (Fsp3) is 1.00. The fourth-order valence-electron chi connectivity index (χ4n) is 2.17. The number of nitrogens with zero attached hydrogens (tertiary/aromatic N) is 1. The zero-order chi connectivity index (χ0) is 14.0. The van der Waals surface area contributed by atoms with Gasteiger partial charge in [0.25, 0.3) is 0 Å². The summed E-state index contributed by atoms with van der Waals surface area (Å²) in [6.45, 7) is 10.2. The molecule has 2 atom stereocenters. The number of unbranched alkanes of at least 4 members (excludes halogenated alkanes) is 4. The van der Waals surface area contributed by atoms with Crippen molar-refractivity contribution in [3.8, 4) is 0 Å². The predicted octanol–water partition coefficient (Wildman–Crippen LogP) is 4.04. The van der Waals surface area contributed by atoms with Crippen LogP contribution in [0.25, 0.3) is 0 Å². The van der Waals surface area contributed by atoms with E-state index in [1.54, 1.807) is 0 Å². The van der Waals surface area contributed by atoms with Crippen molar-refractivity contribution < 1.29 is 0 Å². The zero-order valence-corrected chi connectivity index (χ0v) is 13.4. The predicted molar refractivity (Wildman–Crippen MR) is 82.9 cm³/mol. The summed E-state index contributed by atoms with van der Waals surface area (Å²) in [4.78, 5) is 2.47. The molecule has 2 N–H and O–H groups in total. The van der Waals surface area contributed by atoms with Crippen LogP contribution in [0.2, 0.25) is 0 Å². The Morgan fingerprint density at radius 2 is 1.56 bits per heavy atom. The lowest BCUT2D eigenvalue weighted by Gasteiger charge is -2.27. The molecule has 2 nitrogen and oxygen atoms in total. The molecule has 18 heavy (non-hydrogen) atoms. The van der Waals surface area contributed by atoms with Gasteiger partial charge < -0.3 is 10.6 Å². The highest BCUT2D eigenvalue weighted by Gasteiger charge is 2.12. The smallest absolute Gasteiger partial charge is 0.00740 e. The Hall–Kier alpha value is -0.0800. The van der Waals surface area contributed by atoms with E-state index in [-0.39, 0.29) is 0 Å². The summed E-state index contributed by atoms with van der Waals surface area (Å²) in [6.07, 6.45) is 9.37. The summed E-state index contributed by atoms with van der Waals surface area (Å²) in [7, 11) is 2.24. The van der Waals surface area contributed by atoms with E-state index >= 15 is 0 Å². The Morgan fingerprint density at radius 3 is 2.11 bits per heavy atom. The van der Waals surface area contributed by atoms with Crippen molar-refractivity contribution >= 4 is 0 Å². The van der Waals surface area contributed by atoms with E-state index in [4.69, 9.17) is 5.73 Å². The van der Waals surface area contributed by atoms with Gasteiger partial charge in [0.05, 0.1) is 0 Å². The van der Waals surface area contributed by atoms with E-state index in [0.717, 1.165) is 13.0 Å². The molecule has 0 aliphatic carbocycles. The Bertz CT molecular complexity index is 180. The standard InChI is InChI=1S/C16H36N2/c1-6-7-8-9-10-11-15(4)18(5)13-12-16(17)14(2)3/h14-16H,6-13,17H2,1-5H3. The third kappa shape index (κ3) is 8.93. The Labute approximate surface area is 115 Å². The summed E-state index contributed by atoms with van der Waals surface area (Å²) in [5, 5.41) is 0. The molecule has 0 aliphatic rings. The summed E-state index contributed by atoms with van der Waals surface area (Å²) in [6, 6.07) is 1.05. The zero-order valence-electron chi connectivity index (χ0n) is 13.4. The van der Waals surface area contributed by atoms with Crippen LogP contribution in [0.4, 0.5) is 0 Å². The van der Waals surface area contributed by atoms with Crippen molar-refractivity contribution in [1.82, 2.24) is 4.90 Å². The number of rotatable bonds is 11. The van der Waals surface area contributed by atoms with Crippen LogP contribution >= 0.6 is 0 Å². The molecule has 0 rings (SSSR count). The summed E-state index contributed by atoms with van der Waals surface area (Å²) >= 11 is 0. The van der Waals surface area contributed by atoms with E-state index in [1.165, 1.54) is 38.5 Å². The van der Waals surface area contributed by atoms with Crippen molar-refractivity contribution in [2.24, 2.45) is 11.7 Å². The molecule has 0 spiro atoms. The van der Waals surface area contributed by atoms with Gasteiger partial charge in [0.2, 0.25) is 0 Å². The normalized spacial score (nSPS) is 15.3. The molecule has 0 aromatic rings. The molecule has 0 aliphatic heterocycles. The third-order valence-electron chi connectivity index (χ3n) is 4.15. The van der Waals surface area contributed by atoms with Crippen LogP contribution in [-0.4, -0.2) is 30.6 Å². The Morgan fingerprint density at radius 1 is 0.944 bits per heavy atom. The highest BCUT2D eigenvalue weighted by Crippen LogP contribution is 2.12. The summed E-state index contributed by atoms with van der Waals surface area (Å²) < 4.78 is 0. The van der Waals surface area contributed by atoms with Gasteiger partial charge in [0.1, 0.15) is 0 Å². The van der Waals surface area contributed by atoms with E-state index in [1.807, 2.05) is 0 Å². The highest BCUT2D eigenvalue weighted by atomic mass is 15.1. The van der Waals surface area contributed by atoms with Gasteiger partial charge >= 0.3 is 0 Å².